The average molecular weight is 396 g/mol. The van der Waals surface area contributed by atoms with E-state index < -0.39 is 16.1 Å². The summed E-state index contributed by atoms with van der Waals surface area (Å²) in [6.45, 7) is 0.406. The summed E-state index contributed by atoms with van der Waals surface area (Å²) < 4.78 is 30.3. The molecule has 7 nitrogen and oxygen atoms in total. The van der Waals surface area contributed by atoms with Crippen LogP contribution in [0, 0.1) is 0 Å². The molecule has 1 aliphatic heterocycles. The van der Waals surface area contributed by atoms with Crippen LogP contribution in [0.2, 0.25) is 5.02 Å². The van der Waals surface area contributed by atoms with E-state index in [1.165, 1.54) is 17.7 Å². The lowest BCUT2D eigenvalue weighted by Crippen LogP contribution is -2.27. The van der Waals surface area contributed by atoms with E-state index >= 15 is 0 Å². The number of ether oxygens (including phenoxy) is 1. The normalized spacial score (nSPS) is 13.3. The first kappa shape index (κ1) is 18.3. The van der Waals surface area contributed by atoms with Crippen molar-refractivity contribution in [2.24, 2.45) is 0 Å². The van der Waals surface area contributed by atoms with Crippen LogP contribution >= 0.6 is 11.6 Å². The summed E-state index contributed by atoms with van der Waals surface area (Å²) in [6, 6.07) is 9.59. The number of halogens is 1. The number of carbonyl (C=O) groups is 1. The molecule has 0 radical (unpaired) electrons. The second kappa shape index (κ2) is 7.05. The Morgan fingerprint density at radius 1 is 1.19 bits per heavy atom. The van der Waals surface area contributed by atoms with Gasteiger partial charge in [-0.2, -0.15) is 0 Å². The Bertz CT molecular complexity index is 962. The summed E-state index contributed by atoms with van der Waals surface area (Å²) in [4.78, 5) is 12.3. The fraction of sp³-hybridized carbons (Fsp3) is 0.235. The number of sulfonamides is 1. The maximum Gasteiger partial charge on any atom is 0.323 e. The number of amides is 2. The molecule has 0 saturated heterocycles. The number of anilines is 3. The molecule has 26 heavy (non-hydrogen) atoms. The van der Waals surface area contributed by atoms with Gasteiger partial charge in [-0.15, -0.1) is 0 Å². The number of urea groups is 1. The number of hydrogen-bond acceptors (Lipinski definition) is 4. The van der Waals surface area contributed by atoms with Crippen LogP contribution in [0.5, 0.6) is 5.75 Å². The summed E-state index contributed by atoms with van der Waals surface area (Å²) in [7, 11) is -1.86. The molecule has 1 heterocycles. The number of fused-ring (bicyclic) bond motifs is 1. The summed E-state index contributed by atoms with van der Waals surface area (Å²) in [5.41, 5.74) is 2.43. The zero-order valence-electron chi connectivity index (χ0n) is 14.2. The van der Waals surface area contributed by atoms with Gasteiger partial charge >= 0.3 is 6.03 Å². The van der Waals surface area contributed by atoms with E-state index in [-0.39, 0.29) is 0 Å². The van der Waals surface area contributed by atoms with Crippen molar-refractivity contribution < 1.29 is 17.9 Å². The second-order valence-corrected chi connectivity index (χ2v) is 8.20. The van der Waals surface area contributed by atoms with Crippen molar-refractivity contribution in [2.75, 3.05) is 34.8 Å². The van der Waals surface area contributed by atoms with Gasteiger partial charge in [-0.3, -0.25) is 4.31 Å². The van der Waals surface area contributed by atoms with Crippen LogP contribution < -0.4 is 19.7 Å². The third-order valence-corrected chi connectivity index (χ3v) is 5.42. The number of benzene rings is 2. The third kappa shape index (κ3) is 3.86. The van der Waals surface area contributed by atoms with Crippen molar-refractivity contribution in [3.63, 3.8) is 0 Å². The summed E-state index contributed by atoms with van der Waals surface area (Å²) in [5.74, 6) is 0.474. The third-order valence-electron chi connectivity index (χ3n) is 4.01. The fourth-order valence-corrected chi connectivity index (χ4v) is 3.96. The minimum absolute atomic E-state index is 0.406. The zero-order valence-corrected chi connectivity index (χ0v) is 15.8. The molecule has 0 atom stereocenters. The van der Waals surface area contributed by atoms with Gasteiger partial charge < -0.3 is 15.4 Å². The highest BCUT2D eigenvalue weighted by Crippen LogP contribution is 2.33. The number of nitrogens with zero attached hydrogens (tertiary/aromatic N) is 1. The van der Waals surface area contributed by atoms with Gasteiger partial charge in [0.15, 0.2) is 0 Å². The van der Waals surface area contributed by atoms with E-state index in [0.717, 1.165) is 5.56 Å². The topological polar surface area (TPSA) is 87.7 Å². The van der Waals surface area contributed by atoms with E-state index in [9.17, 15) is 13.2 Å². The van der Waals surface area contributed by atoms with Crippen molar-refractivity contribution >= 4 is 44.7 Å². The summed E-state index contributed by atoms with van der Waals surface area (Å²) >= 11 is 5.95. The lowest BCUT2D eigenvalue weighted by Gasteiger charge is -2.17. The van der Waals surface area contributed by atoms with Crippen LogP contribution in [0.1, 0.15) is 5.56 Å². The van der Waals surface area contributed by atoms with Gasteiger partial charge in [-0.1, -0.05) is 17.7 Å². The minimum atomic E-state index is -3.35. The van der Waals surface area contributed by atoms with Crippen LogP contribution in [-0.4, -0.2) is 34.4 Å². The summed E-state index contributed by atoms with van der Waals surface area (Å²) in [5, 5.41) is 5.82. The van der Waals surface area contributed by atoms with Crippen LogP contribution in [0.3, 0.4) is 0 Å². The first-order valence-corrected chi connectivity index (χ1v) is 10.0. The molecule has 2 aromatic rings. The lowest BCUT2D eigenvalue weighted by atomic mass is 10.1. The smallest absolute Gasteiger partial charge is 0.323 e. The van der Waals surface area contributed by atoms with Crippen LogP contribution in [-0.2, 0) is 16.4 Å². The molecule has 2 aromatic carbocycles. The van der Waals surface area contributed by atoms with Gasteiger partial charge in [-0.25, -0.2) is 13.2 Å². The number of nitrogens with one attached hydrogen (secondary N) is 2. The van der Waals surface area contributed by atoms with Crippen molar-refractivity contribution in [3.8, 4) is 5.75 Å². The van der Waals surface area contributed by atoms with Crippen molar-refractivity contribution in [1.29, 1.82) is 0 Å². The molecule has 138 valence electrons. The molecular weight excluding hydrogens is 378 g/mol. The molecule has 0 saturated carbocycles. The SMILES string of the molecule is COc1ccc(Cl)cc1NC(=O)Nc1ccc2c(c1)N(S(C)(=O)=O)CC2. The van der Waals surface area contributed by atoms with Gasteiger partial charge in [0.25, 0.3) is 0 Å². The number of carbonyl (C=O) groups excluding carboxylic acids is 1. The van der Waals surface area contributed by atoms with Crippen LogP contribution in [0.4, 0.5) is 21.9 Å². The Hall–Kier alpha value is -2.45. The van der Waals surface area contributed by atoms with Gasteiger partial charge in [0.1, 0.15) is 5.75 Å². The van der Waals surface area contributed by atoms with E-state index in [4.69, 9.17) is 16.3 Å². The van der Waals surface area contributed by atoms with E-state index in [1.807, 2.05) is 6.07 Å². The Morgan fingerprint density at radius 3 is 2.65 bits per heavy atom. The lowest BCUT2D eigenvalue weighted by molar-refractivity contribution is 0.262. The highest BCUT2D eigenvalue weighted by molar-refractivity contribution is 7.92. The van der Waals surface area contributed by atoms with Gasteiger partial charge in [0.2, 0.25) is 10.0 Å². The molecule has 2 amide bonds. The highest BCUT2D eigenvalue weighted by atomic mass is 35.5. The maximum atomic E-state index is 12.3. The predicted molar refractivity (Wildman–Crippen MR) is 103 cm³/mol. The first-order valence-electron chi connectivity index (χ1n) is 7.80. The highest BCUT2D eigenvalue weighted by Gasteiger charge is 2.26. The molecule has 0 aliphatic carbocycles. The molecular formula is C17H18ClN3O4S. The first-order chi connectivity index (χ1) is 12.3. The molecule has 0 fully saturated rings. The molecule has 0 bridgehead atoms. The largest absolute Gasteiger partial charge is 0.495 e. The van der Waals surface area contributed by atoms with Gasteiger partial charge in [-0.05, 0) is 42.3 Å². The number of hydrogen-bond donors (Lipinski definition) is 2. The number of methoxy groups -OCH3 is 1. The molecule has 9 heteroatoms. The standard InChI is InChI=1S/C17H18ClN3O4S/c1-25-16-6-4-12(18)9-14(16)20-17(22)19-13-5-3-11-7-8-21(15(11)10-13)26(2,23)24/h3-6,9-10H,7-8H2,1-2H3,(H2,19,20,22). The molecule has 0 unspecified atom stereocenters. The molecule has 0 aromatic heterocycles. The summed E-state index contributed by atoms with van der Waals surface area (Å²) in [6.07, 6.45) is 1.81. The Labute approximate surface area is 157 Å². The van der Waals surface area contributed by atoms with E-state index in [2.05, 4.69) is 10.6 Å². The van der Waals surface area contributed by atoms with E-state index in [0.29, 0.717) is 40.8 Å². The van der Waals surface area contributed by atoms with Crippen LogP contribution in [0.15, 0.2) is 36.4 Å². The second-order valence-electron chi connectivity index (χ2n) is 5.85. The average Bonchev–Trinajstić information content (AvgIpc) is 2.98. The Morgan fingerprint density at radius 2 is 1.96 bits per heavy atom. The quantitative estimate of drug-likeness (QED) is 0.831. The van der Waals surface area contributed by atoms with Crippen molar-refractivity contribution in [3.05, 3.63) is 47.0 Å². The molecule has 3 rings (SSSR count). The molecule has 0 spiro atoms. The molecule has 1 aliphatic rings. The van der Waals surface area contributed by atoms with Gasteiger partial charge in [0.05, 0.1) is 24.7 Å². The Kier molecular flexibility index (Phi) is 4.97. The van der Waals surface area contributed by atoms with Gasteiger partial charge in [0, 0.05) is 17.3 Å². The number of rotatable bonds is 4. The Balaban J connectivity index is 1.78. The minimum Gasteiger partial charge on any atom is -0.495 e. The van der Waals surface area contributed by atoms with E-state index in [1.54, 1.807) is 30.3 Å². The fourth-order valence-electron chi connectivity index (χ4n) is 2.83. The van der Waals surface area contributed by atoms with Crippen molar-refractivity contribution in [1.82, 2.24) is 0 Å². The maximum absolute atomic E-state index is 12.3. The van der Waals surface area contributed by atoms with Crippen molar-refractivity contribution in [2.45, 2.75) is 6.42 Å². The van der Waals surface area contributed by atoms with Crippen LogP contribution in [0.25, 0.3) is 0 Å². The monoisotopic (exact) mass is 395 g/mol. The predicted octanol–water partition coefficient (Wildman–Crippen LogP) is 3.31. The zero-order chi connectivity index (χ0) is 18.9. The molecule has 2 N–H and O–H groups in total.